The van der Waals surface area contributed by atoms with E-state index in [2.05, 4.69) is 10.3 Å². The molecule has 2 rings (SSSR count). The molecule has 1 unspecified atom stereocenters. The van der Waals surface area contributed by atoms with Crippen molar-refractivity contribution in [2.75, 3.05) is 5.73 Å². The summed E-state index contributed by atoms with van der Waals surface area (Å²) in [7, 11) is 0. The summed E-state index contributed by atoms with van der Waals surface area (Å²) in [5.41, 5.74) is 7.41. The molecule has 0 aliphatic rings. The van der Waals surface area contributed by atoms with Crippen LogP contribution in [0, 0.1) is 6.92 Å². The molecule has 0 fully saturated rings. The van der Waals surface area contributed by atoms with E-state index in [1.54, 1.807) is 6.92 Å². The maximum Gasteiger partial charge on any atom is 0.263 e. The third kappa shape index (κ3) is 3.12. The van der Waals surface area contributed by atoms with Crippen molar-refractivity contribution in [1.29, 1.82) is 0 Å². The Morgan fingerprint density at radius 3 is 2.63 bits per heavy atom. The van der Waals surface area contributed by atoms with Crippen molar-refractivity contribution in [2.24, 2.45) is 0 Å². The lowest BCUT2D eigenvalue weighted by atomic mass is 10.0. The Morgan fingerprint density at radius 1 is 1.42 bits per heavy atom. The van der Waals surface area contributed by atoms with Crippen LogP contribution in [-0.4, -0.2) is 10.9 Å². The highest BCUT2D eigenvalue weighted by Gasteiger charge is 2.18. The van der Waals surface area contributed by atoms with Gasteiger partial charge in [-0.05, 0) is 18.9 Å². The van der Waals surface area contributed by atoms with Crippen molar-refractivity contribution in [1.82, 2.24) is 10.3 Å². The molecule has 1 aromatic carbocycles. The first-order valence-corrected chi connectivity index (χ1v) is 7.02. The van der Waals surface area contributed by atoms with Crippen molar-refractivity contribution < 1.29 is 4.79 Å². The van der Waals surface area contributed by atoms with E-state index in [0.29, 0.717) is 15.7 Å². The van der Waals surface area contributed by atoms with Crippen LogP contribution in [0.5, 0.6) is 0 Å². The molecule has 1 amide bonds. The largest absolute Gasteiger partial charge is 0.375 e. The van der Waals surface area contributed by atoms with E-state index in [-0.39, 0.29) is 11.9 Å². The lowest BCUT2D eigenvalue weighted by Gasteiger charge is -2.17. The number of carbonyl (C=O) groups excluding carboxylic acids is 1. The second-order valence-corrected chi connectivity index (χ2v) is 5.34. The summed E-state index contributed by atoms with van der Waals surface area (Å²) in [6, 6.07) is 9.95. The third-order valence-electron chi connectivity index (χ3n) is 2.93. The van der Waals surface area contributed by atoms with Crippen LogP contribution in [0.3, 0.4) is 0 Å². The van der Waals surface area contributed by atoms with Crippen LogP contribution in [0.25, 0.3) is 0 Å². The molecule has 3 N–H and O–H groups in total. The smallest absolute Gasteiger partial charge is 0.263 e. The summed E-state index contributed by atoms with van der Waals surface area (Å²) in [5, 5.41) is 3.46. The van der Waals surface area contributed by atoms with Crippen molar-refractivity contribution in [3.8, 4) is 0 Å². The van der Waals surface area contributed by atoms with Gasteiger partial charge in [0.2, 0.25) is 0 Å². The molecule has 2 aromatic rings. The Kier molecular flexibility index (Phi) is 4.16. The zero-order valence-corrected chi connectivity index (χ0v) is 11.8. The summed E-state index contributed by atoms with van der Waals surface area (Å²) >= 11 is 1.22. The van der Waals surface area contributed by atoms with Crippen LogP contribution in [0.1, 0.15) is 40.3 Å². The number of carbonyl (C=O) groups is 1. The molecule has 1 heterocycles. The lowest BCUT2D eigenvalue weighted by molar-refractivity contribution is 0.0939. The maximum absolute atomic E-state index is 12.2. The van der Waals surface area contributed by atoms with Crippen LogP contribution < -0.4 is 11.1 Å². The van der Waals surface area contributed by atoms with Crippen LogP contribution in [0.2, 0.25) is 0 Å². The van der Waals surface area contributed by atoms with E-state index >= 15 is 0 Å². The van der Waals surface area contributed by atoms with Gasteiger partial charge in [-0.2, -0.15) is 0 Å². The summed E-state index contributed by atoms with van der Waals surface area (Å²) in [4.78, 5) is 16.9. The molecule has 1 aromatic heterocycles. The Bertz CT molecular complexity index is 565. The monoisotopic (exact) mass is 275 g/mol. The zero-order chi connectivity index (χ0) is 13.8. The molecular weight excluding hydrogens is 258 g/mol. The van der Waals surface area contributed by atoms with E-state index in [4.69, 9.17) is 5.73 Å². The number of nitrogen functional groups attached to an aromatic ring is 1. The Hall–Kier alpha value is -1.88. The zero-order valence-electron chi connectivity index (χ0n) is 11.0. The first kappa shape index (κ1) is 13.5. The number of thiazole rings is 1. The number of anilines is 1. The van der Waals surface area contributed by atoms with Crippen LogP contribution in [0.4, 0.5) is 5.13 Å². The molecule has 0 saturated heterocycles. The number of nitrogens with two attached hydrogens (primary N) is 1. The Morgan fingerprint density at radius 2 is 2.11 bits per heavy atom. The first-order chi connectivity index (χ1) is 9.11. The normalized spacial score (nSPS) is 12.1. The number of rotatable bonds is 4. The molecule has 1 atom stereocenters. The van der Waals surface area contributed by atoms with Gasteiger partial charge in [-0.3, -0.25) is 4.79 Å². The van der Waals surface area contributed by atoms with E-state index in [1.165, 1.54) is 11.3 Å². The second kappa shape index (κ2) is 5.84. The van der Waals surface area contributed by atoms with Gasteiger partial charge in [-0.1, -0.05) is 48.6 Å². The van der Waals surface area contributed by atoms with Crippen molar-refractivity contribution >= 4 is 22.4 Å². The number of aromatic nitrogens is 1. The predicted molar refractivity (Wildman–Crippen MR) is 78.2 cm³/mol. The highest BCUT2D eigenvalue weighted by atomic mass is 32.1. The summed E-state index contributed by atoms with van der Waals surface area (Å²) in [6.07, 6.45) is 0.836. The second-order valence-electron chi connectivity index (χ2n) is 4.31. The first-order valence-electron chi connectivity index (χ1n) is 6.20. The number of hydrogen-bond donors (Lipinski definition) is 2. The van der Waals surface area contributed by atoms with Gasteiger partial charge in [0.25, 0.3) is 5.91 Å². The summed E-state index contributed by atoms with van der Waals surface area (Å²) in [6.45, 7) is 3.84. The standard InChI is InChI=1S/C14H17N3OS/c1-3-11(10-7-5-4-6-8-10)17-13(18)12-9(2)16-14(15)19-12/h4-8,11H,3H2,1-2H3,(H2,15,16)(H,17,18). The number of amides is 1. The van der Waals surface area contributed by atoms with Crippen molar-refractivity contribution in [3.63, 3.8) is 0 Å². The van der Waals surface area contributed by atoms with Gasteiger partial charge < -0.3 is 11.1 Å². The Balaban J connectivity index is 2.15. The van der Waals surface area contributed by atoms with Crippen molar-refractivity contribution in [2.45, 2.75) is 26.3 Å². The fourth-order valence-corrected chi connectivity index (χ4v) is 2.69. The van der Waals surface area contributed by atoms with E-state index in [9.17, 15) is 4.79 Å². The quantitative estimate of drug-likeness (QED) is 0.901. The number of nitrogens with zero attached hydrogens (tertiary/aromatic N) is 1. The van der Waals surface area contributed by atoms with Gasteiger partial charge in [0.05, 0.1) is 11.7 Å². The molecule has 0 radical (unpaired) electrons. The minimum Gasteiger partial charge on any atom is -0.375 e. The van der Waals surface area contributed by atoms with E-state index in [1.807, 2.05) is 37.3 Å². The molecule has 5 heteroatoms. The number of hydrogen-bond acceptors (Lipinski definition) is 4. The van der Waals surface area contributed by atoms with E-state index in [0.717, 1.165) is 12.0 Å². The van der Waals surface area contributed by atoms with Gasteiger partial charge in [-0.25, -0.2) is 4.98 Å². The van der Waals surface area contributed by atoms with Gasteiger partial charge >= 0.3 is 0 Å². The van der Waals surface area contributed by atoms with Crippen LogP contribution in [0.15, 0.2) is 30.3 Å². The van der Waals surface area contributed by atoms with Gasteiger partial charge in [0.15, 0.2) is 5.13 Å². The average Bonchev–Trinajstić information content (AvgIpc) is 2.76. The highest BCUT2D eigenvalue weighted by Crippen LogP contribution is 2.22. The van der Waals surface area contributed by atoms with Crippen LogP contribution >= 0.6 is 11.3 Å². The minimum absolute atomic E-state index is 0.0106. The predicted octanol–water partition coefficient (Wildman–Crippen LogP) is 2.91. The third-order valence-corrected chi connectivity index (χ3v) is 3.92. The minimum atomic E-state index is -0.109. The fourth-order valence-electron chi connectivity index (χ4n) is 1.96. The molecular formula is C14H17N3OS. The average molecular weight is 275 g/mol. The molecule has 100 valence electrons. The number of aryl methyl sites for hydroxylation is 1. The Labute approximate surface area is 116 Å². The highest BCUT2D eigenvalue weighted by molar-refractivity contribution is 7.17. The number of benzene rings is 1. The molecule has 0 bridgehead atoms. The number of nitrogens with one attached hydrogen (secondary N) is 1. The molecule has 0 spiro atoms. The summed E-state index contributed by atoms with van der Waals surface area (Å²) in [5.74, 6) is -0.109. The SMILES string of the molecule is CCC(NC(=O)c1sc(N)nc1C)c1ccccc1. The van der Waals surface area contributed by atoms with Gasteiger partial charge in [-0.15, -0.1) is 0 Å². The fraction of sp³-hybridized carbons (Fsp3) is 0.286. The lowest BCUT2D eigenvalue weighted by Crippen LogP contribution is -2.28. The summed E-state index contributed by atoms with van der Waals surface area (Å²) < 4.78 is 0. The molecule has 0 aliphatic heterocycles. The molecule has 4 nitrogen and oxygen atoms in total. The van der Waals surface area contributed by atoms with Gasteiger partial charge in [0.1, 0.15) is 4.88 Å². The topological polar surface area (TPSA) is 68.0 Å². The molecule has 0 saturated carbocycles. The van der Waals surface area contributed by atoms with Gasteiger partial charge in [0, 0.05) is 0 Å². The van der Waals surface area contributed by atoms with E-state index < -0.39 is 0 Å². The maximum atomic E-state index is 12.2. The van der Waals surface area contributed by atoms with Crippen LogP contribution in [-0.2, 0) is 0 Å². The molecule has 0 aliphatic carbocycles. The van der Waals surface area contributed by atoms with Crippen molar-refractivity contribution in [3.05, 3.63) is 46.5 Å². The molecule has 19 heavy (non-hydrogen) atoms.